The molecule has 0 amide bonds. The number of allylic oxidation sites excluding steroid dienone is 1. The molecule has 0 fully saturated rings. The van der Waals surface area contributed by atoms with E-state index in [4.69, 9.17) is 15.6 Å². The van der Waals surface area contributed by atoms with Crippen LogP contribution in [0.4, 0.5) is 0 Å². The third-order valence-electron chi connectivity index (χ3n) is 1.21. The van der Waals surface area contributed by atoms with Gasteiger partial charge in [0.25, 0.3) is 0 Å². The summed E-state index contributed by atoms with van der Waals surface area (Å²) in [6, 6.07) is 0. The molecule has 3 heteroatoms. The molecule has 0 rings (SSSR count). The van der Waals surface area contributed by atoms with Gasteiger partial charge < -0.3 is 15.6 Å². The van der Waals surface area contributed by atoms with Crippen molar-refractivity contribution in [2.24, 2.45) is 5.73 Å². The second-order valence-corrected chi connectivity index (χ2v) is 3.50. The van der Waals surface area contributed by atoms with Crippen molar-refractivity contribution in [2.75, 3.05) is 13.2 Å². The van der Waals surface area contributed by atoms with Gasteiger partial charge in [0.2, 0.25) is 0 Å². The summed E-state index contributed by atoms with van der Waals surface area (Å²) in [4.78, 5) is 0. The average molecular weight is 173 g/mol. The Morgan fingerprint density at radius 1 is 1.58 bits per heavy atom. The van der Waals surface area contributed by atoms with E-state index in [1.165, 1.54) is 0 Å². The van der Waals surface area contributed by atoms with E-state index in [1.54, 1.807) is 0 Å². The second-order valence-electron chi connectivity index (χ2n) is 3.50. The molecule has 0 spiro atoms. The summed E-state index contributed by atoms with van der Waals surface area (Å²) in [5.41, 5.74) is 5.40. The number of aliphatic hydroxyl groups is 1. The Morgan fingerprint density at radius 3 is 2.58 bits per heavy atom. The van der Waals surface area contributed by atoms with Crippen molar-refractivity contribution < 1.29 is 9.84 Å². The minimum Gasteiger partial charge on any atom is -0.498 e. The maximum atomic E-state index is 8.49. The van der Waals surface area contributed by atoms with Crippen LogP contribution in [0.25, 0.3) is 0 Å². The van der Waals surface area contributed by atoms with E-state index >= 15 is 0 Å². The topological polar surface area (TPSA) is 55.5 Å². The first-order chi connectivity index (χ1) is 5.45. The van der Waals surface area contributed by atoms with E-state index in [2.05, 4.69) is 0 Å². The summed E-state index contributed by atoms with van der Waals surface area (Å²) in [6.45, 7) is 6.40. The average Bonchev–Trinajstić information content (AvgIpc) is 1.84. The molecule has 0 aromatic rings. The second kappa shape index (κ2) is 5.17. The highest BCUT2D eigenvalue weighted by Crippen LogP contribution is 2.05. The lowest BCUT2D eigenvalue weighted by molar-refractivity contribution is 0.175. The molecule has 0 saturated heterocycles. The summed E-state index contributed by atoms with van der Waals surface area (Å²) in [5.74, 6) is 0.816. The Bertz CT molecular complexity index is 147. The molecule has 0 heterocycles. The monoisotopic (exact) mass is 173 g/mol. The third kappa shape index (κ3) is 7.57. The van der Waals surface area contributed by atoms with Crippen LogP contribution in [0.1, 0.15) is 27.2 Å². The molecule has 0 aliphatic rings. The fourth-order valence-corrected chi connectivity index (χ4v) is 0.863. The molecule has 3 nitrogen and oxygen atoms in total. The van der Waals surface area contributed by atoms with E-state index in [-0.39, 0.29) is 12.1 Å². The first-order valence-electron chi connectivity index (χ1n) is 4.18. The van der Waals surface area contributed by atoms with Gasteiger partial charge in [-0.15, -0.1) is 0 Å². The molecule has 0 atom stereocenters. The number of hydrogen-bond acceptors (Lipinski definition) is 3. The van der Waals surface area contributed by atoms with Gasteiger partial charge in [-0.1, -0.05) is 0 Å². The highest BCUT2D eigenvalue weighted by Gasteiger charge is 2.06. The number of hydrogen-bond donors (Lipinski definition) is 2. The Balaban J connectivity index is 3.71. The predicted molar refractivity (Wildman–Crippen MR) is 49.7 cm³/mol. The van der Waals surface area contributed by atoms with Gasteiger partial charge in [-0.2, -0.15) is 0 Å². The van der Waals surface area contributed by atoms with Crippen molar-refractivity contribution in [2.45, 2.75) is 32.7 Å². The van der Waals surface area contributed by atoms with Crippen molar-refractivity contribution >= 4 is 0 Å². The maximum Gasteiger partial charge on any atom is 0.0907 e. The summed E-state index contributed by atoms with van der Waals surface area (Å²) in [5, 5.41) is 8.49. The standard InChI is InChI=1S/C9H19NO2/c1-8(7-9(2,3)10)12-6-4-5-11/h7,11H,4-6,10H2,1-3H3. The lowest BCUT2D eigenvalue weighted by atomic mass is 10.1. The number of aliphatic hydroxyl groups excluding tert-OH is 1. The van der Waals surface area contributed by atoms with Crippen molar-refractivity contribution in [3.05, 3.63) is 11.8 Å². The summed E-state index contributed by atoms with van der Waals surface area (Å²) >= 11 is 0. The van der Waals surface area contributed by atoms with Crippen molar-refractivity contribution in [3.63, 3.8) is 0 Å². The molecule has 0 aliphatic heterocycles. The predicted octanol–water partition coefficient (Wildman–Crippen LogP) is 1.03. The van der Waals surface area contributed by atoms with Crippen molar-refractivity contribution in [3.8, 4) is 0 Å². The zero-order valence-electron chi connectivity index (χ0n) is 8.13. The zero-order chi connectivity index (χ0) is 9.61. The Labute approximate surface area is 74.2 Å². The van der Waals surface area contributed by atoms with Crippen LogP contribution in [0, 0.1) is 0 Å². The van der Waals surface area contributed by atoms with Crippen LogP contribution in [-0.4, -0.2) is 23.9 Å². The van der Waals surface area contributed by atoms with Crippen LogP contribution < -0.4 is 5.73 Å². The van der Waals surface area contributed by atoms with Crippen molar-refractivity contribution in [1.29, 1.82) is 0 Å². The van der Waals surface area contributed by atoms with E-state index in [9.17, 15) is 0 Å². The highest BCUT2D eigenvalue weighted by molar-refractivity contribution is 5.02. The lowest BCUT2D eigenvalue weighted by Crippen LogP contribution is -2.29. The number of rotatable bonds is 5. The molecule has 0 aliphatic carbocycles. The molecular formula is C9H19NO2. The van der Waals surface area contributed by atoms with Gasteiger partial charge in [-0.3, -0.25) is 0 Å². The fourth-order valence-electron chi connectivity index (χ4n) is 0.863. The van der Waals surface area contributed by atoms with Crippen LogP contribution >= 0.6 is 0 Å². The maximum absolute atomic E-state index is 8.49. The molecule has 0 aromatic heterocycles. The molecule has 0 aromatic carbocycles. The van der Waals surface area contributed by atoms with Gasteiger partial charge in [0, 0.05) is 18.6 Å². The van der Waals surface area contributed by atoms with Gasteiger partial charge in [0.15, 0.2) is 0 Å². The number of ether oxygens (including phenoxy) is 1. The molecule has 12 heavy (non-hydrogen) atoms. The molecule has 0 unspecified atom stereocenters. The van der Waals surface area contributed by atoms with Crippen LogP contribution in [0.2, 0.25) is 0 Å². The van der Waals surface area contributed by atoms with Gasteiger partial charge in [-0.25, -0.2) is 0 Å². The smallest absolute Gasteiger partial charge is 0.0907 e. The van der Waals surface area contributed by atoms with Gasteiger partial charge >= 0.3 is 0 Å². The fraction of sp³-hybridized carbons (Fsp3) is 0.778. The summed E-state index contributed by atoms with van der Waals surface area (Å²) < 4.78 is 5.28. The Morgan fingerprint density at radius 2 is 2.17 bits per heavy atom. The van der Waals surface area contributed by atoms with E-state index in [1.807, 2.05) is 26.8 Å². The SMILES string of the molecule is CC(=CC(C)(C)N)OCCCO. The Hall–Kier alpha value is -0.540. The first-order valence-corrected chi connectivity index (χ1v) is 4.18. The van der Waals surface area contributed by atoms with Crippen LogP contribution in [0.3, 0.4) is 0 Å². The molecule has 72 valence electrons. The summed E-state index contributed by atoms with van der Waals surface area (Å²) in [7, 11) is 0. The van der Waals surface area contributed by atoms with E-state index < -0.39 is 0 Å². The molecule has 0 radical (unpaired) electrons. The van der Waals surface area contributed by atoms with Gasteiger partial charge in [0.05, 0.1) is 12.4 Å². The van der Waals surface area contributed by atoms with Gasteiger partial charge in [-0.05, 0) is 26.8 Å². The largest absolute Gasteiger partial charge is 0.498 e. The minimum absolute atomic E-state index is 0.166. The highest BCUT2D eigenvalue weighted by atomic mass is 16.5. The Kier molecular flexibility index (Phi) is 4.93. The molecule has 0 bridgehead atoms. The first kappa shape index (κ1) is 11.5. The lowest BCUT2D eigenvalue weighted by Gasteiger charge is -2.14. The molecule has 3 N–H and O–H groups in total. The number of nitrogens with two attached hydrogens (primary N) is 1. The quantitative estimate of drug-likeness (QED) is 0.482. The van der Waals surface area contributed by atoms with Crippen LogP contribution in [-0.2, 0) is 4.74 Å². The van der Waals surface area contributed by atoms with Crippen LogP contribution in [0.5, 0.6) is 0 Å². The van der Waals surface area contributed by atoms with Crippen molar-refractivity contribution in [1.82, 2.24) is 0 Å². The van der Waals surface area contributed by atoms with Gasteiger partial charge in [0.1, 0.15) is 0 Å². The molecule has 0 saturated carbocycles. The van der Waals surface area contributed by atoms with E-state index in [0.29, 0.717) is 13.0 Å². The van der Waals surface area contributed by atoms with Crippen LogP contribution in [0.15, 0.2) is 11.8 Å². The minimum atomic E-state index is -0.330. The molecular weight excluding hydrogens is 154 g/mol. The normalized spacial score (nSPS) is 13.2. The zero-order valence-corrected chi connectivity index (χ0v) is 8.13. The van der Waals surface area contributed by atoms with E-state index in [0.717, 1.165) is 5.76 Å². The summed E-state index contributed by atoms with van der Waals surface area (Å²) in [6.07, 6.45) is 2.53. The third-order valence-corrected chi connectivity index (χ3v) is 1.21.